The molecule has 1 aromatic heterocycles. The molecule has 3 heteroatoms. The Morgan fingerprint density at radius 2 is 1.93 bits per heavy atom. The zero-order valence-electron chi connectivity index (χ0n) is 9.36. The summed E-state index contributed by atoms with van der Waals surface area (Å²) in [7, 11) is 0. The van der Waals surface area contributed by atoms with Crippen molar-refractivity contribution < 1.29 is 4.79 Å². The van der Waals surface area contributed by atoms with Crippen molar-refractivity contribution in [3.8, 4) is 0 Å². The van der Waals surface area contributed by atoms with Gasteiger partial charge in [-0.2, -0.15) is 0 Å². The Hall–Kier alpha value is -1.38. The molecular formula is C12H18N2O. The molecule has 0 aliphatic heterocycles. The van der Waals surface area contributed by atoms with E-state index in [1.807, 2.05) is 0 Å². The van der Waals surface area contributed by atoms with Crippen molar-refractivity contribution in [3.05, 3.63) is 30.1 Å². The van der Waals surface area contributed by atoms with Gasteiger partial charge in [0.05, 0.1) is 0 Å². The first-order valence-corrected chi connectivity index (χ1v) is 5.46. The fraction of sp³-hybridized carbons (Fsp3) is 0.500. The van der Waals surface area contributed by atoms with Crippen LogP contribution in [-0.4, -0.2) is 17.4 Å². The van der Waals surface area contributed by atoms with Crippen LogP contribution < -0.4 is 5.32 Å². The van der Waals surface area contributed by atoms with Gasteiger partial charge < -0.3 is 5.32 Å². The molecule has 0 aromatic carbocycles. The van der Waals surface area contributed by atoms with Gasteiger partial charge in [-0.3, -0.25) is 9.78 Å². The van der Waals surface area contributed by atoms with Crippen molar-refractivity contribution in [3.63, 3.8) is 0 Å². The van der Waals surface area contributed by atoms with Crippen molar-refractivity contribution in [1.29, 1.82) is 0 Å². The maximum absolute atomic E-state index is 11.6. The number of hydrogen-bond donors (Lipinski definition) is 1. The van der Waals surface area contributed by atoms with Crippen LogP contribution in [0.5, 0.6) is 0 Å². The van der Waals surface area contributed by atoms with Crippen LogP contribution in [0.1, 0.15) is 37.0 Å². The van der Waals surface area contributed by atoms with E-state index in [4.69, 9.17) is 0 Å². The van der Waals surface area contributed by atoms with Crippen molar-refractivity contribution in [2.45, 2.75) is 26.7 Å². The Morgan fingerprint density at radius 1 is 1.33 bits per heavy atom. The van der Waals surface area contributed by atoms with E-state index >= 15 is 0 Å². The molecular weight excluding hydrogens is 188 g/mol. The average molecular weight is 206 g/mol. The zero-order valence-corrected chi connectivity index (χ0v) is 9.36. The second kappa shape index (κ2) is 6.17. The summed E-state index contributed by atoms with van der Waals surface area (Å²) in [6.45, 7) is 5.05. The van der Waals surface area contributed by atoms with E-state index in [1.54, 1.807) is 24.5 Å². The van der Waals surface area contributed by atoms with Gasteiger partial charge in [0.15, 0.2) is 0 Å². The first kappa shape index (κ1) is 11.7. The summed E-state index contributed by atoms with van der Waals surface area (Å²) in [5, 5.41) is 2.93. The van der Waals surface area contributed by atoms with Gasteiger partial charge >= 0.3 is 0 Å². The fourth-order valence-electron chi connectivity index (χ4n) is 1.42. The van der Waals surface area contributed by atoms with Crippen LogP contribution in [0, 0.1) is 5.92 Å². The molecule has 0 unspecified atom stereocenters. The molecule has 1 amide bonds. The van der Waals surface area contributed by atoms with E-state index < -0.39 is 0 Å². The summed E-state index contributed by atoms with van der Waals surface area (Å²) < 4.78 is 0. The third-order valence-electron chi connectivity index (χ3n) is 2.65. The maximum atomic E-state index is 11.6. The van der Waals surface area contributed by atoms with Gasteiger partial charge in [-0.05, 0) is 18.1 Å². The minimum atomic E-state index is -0.00991. The SMILES string of the molecule is CCC(CC)CNC(=O)c1ccncc1. The number of amides is 1. The molecule has 1 heterocycles. The van der Waals surface area contributed by atoms with E-state index in [-0.39, 0.29) is 5.91 Å². The molecule has 0 radical (unpaired) electrons. The van der Waals surface area contributed by atoms with Crippen LogP contribution in [0.2, 0.25) is 0 Å². The Balaban J connectivity index is 2.43. The molecule has 0 spiro atoms. The molecule has 1 rings (SSSR count). The van der Waals surface area contributed by atoms with Gasteiger partial charge in [-0.15, -0.1) is 0 Å². The van der Waals surface area contributed by atoms with Crippen molar-refractivity contribution in [1.82, 2.24) is 10.3 Å². The Morgan fingerprint density at radius 3 is 2.47 bits per heavy atom. The number of rotatable bonds is 5. The maximum Gasteiger partial charge on any atom is 0.251 e. The molecule has 0 aliphatic carbocycles. The average Bonchev–Trinajstić information content (AvgIpc) is 2.31. The predicted octanol–water partition coefficient (Wildman–Crippen LogP) is 2.25. The highest BCUT2D eigenvalue weighted by Crippen LogP contribution is 2.05. The summed E-state index contributed by atoms with van der Waals surface area (Å²) >= 11 is 0. The Labute approximate surface area is 90.9 Å². The van der Waals surface area contributed by atoms with Crippen LogP contribution in [0.3, 0.4) is 0 Å². The van der Waals surface area contributed by atoms with Gasteiger partial charge in [0, 0.05) is 24.5 Å². The number of nitrogens with zero attached hydrogens (tertiary/aromatic N) is 1. The lowest BCUT2D eigenvalue weighted by Gasteiger charge is -2.12. The van der Waals surface area contributed by atoms with E-state index in [2.05, 4.69) is 24.1 Å². The molecule has 0 fully saturated rings. The summed E-state index contributed by atoms with van der Waals surface area (Å²) in [4.78, 5) is 15.5. The van der Waals surface area contributed by atoms with Gasteiger partial charge in [0.1, 0.15) is 0 Å². The van der Waals surface area contributed by atoms with Crippen LogP contribution in [0.4, 0.5) is 0 Å². The third kappa shape index (κ3) is 3.70. The molecule has 0 bridgehead atoms. The monoisotopic (exact) mass is 206 g/mol. The molecule has 3 nitrogen and oxygen atoms in total. The van der Waals surface area contributed by atoms with E-state index in [0.717, 1.165) is 19.4 Å². The van der Waals surface area contributed by atoms with Gasteiger partial charge in [0.2, 0.25) is 0 Å². The molecule has 0 saturated heterocycles. The largest absolute Gasteiger partial charge is 0.352 e. The third-order valence-corrected chi connectivity index (χ3v) is 2.65. The summed E-state index contributed by atoms with van der Waals surface area (Å²) in [6.07, 6.45) is 5.47. The second-order valence-corrected chi connectivity index (χ2v) is 3.63. The fourth-order valence-corrected chi connectivity index (χ4v) is 1.42. The predicted molar refractivity (Wildman–Crippen MR) is 60.6 cm³/mol. The highest BCUT2D eigenvalue weighted by atomic mass is 16.1. The topological polar surface area (TPSA) is 42.0 Å². The Bertz CT molecular complexity index is 294. The molecule has 0 saturated carbocycles. The van der Waals surface area contributed by atoms with Crippen LogP contribution in [0.15, 0.2) is 24.5 Å². The number of nitrogens with one attached hydrogen (secondary N) is 1. The lowest BCUT2D eigenvalue weighted by Crippen LogP contribution is -2.28. The normalized spacial score (nSPS) is 10.3. The lowest BCUT2D eigenvalue weighted by molar-refractivity contribution is 0.0946. The molecule has 1 aromatic rings. The number of carbonyl (C=O) groups excluding carboxylic acids is 1. The quantitative estimate of drug-likeness (QED) is 0.802. The van der Waals surface area contributed by atoms with Crippen molar-refractivity contribution >= 4 is 5.91 Å². The zero-order chi connectivity index (χ0) is 11.1. The summed E-state index contributed by atoms with van der Waals surface area (Å²) in [5.74, 6) is 0.570. The summed E-state index contributed by atoms with van der Waals surface area (Å²) in [5.41, 5.74) is 0.677. The molecule has 0 aliphatic rings. The van der Waals surface area contributed by atoms with Gasteiger partial charge in [0.25, 0.3) is 5.91 Å². The van der Waals surface area contributed by atoms with Gasteiger partial charge in [-0.25, -0.2) is 0 Å². The first-order valence-electron chi connectivity index (χ1n) is 5.46. The smallest absolute Gasteiger partial charge is 0.251 e. The molecule has 0 atom stereocenters. The first-order chi connectivity index (χ1) is 7.27. The van der Waals surface area contributed by atoms with Gasteiger partial charge in [-0.1, -0.05) is 26.7 Å². The highest BCUT2D eigenvalue weighted by molar-refractivity contribution is 5.93. The molecule has 1 N–H and O–H groups in total. The Kier molecular flexibility index (Phi) is 4.81. The van der Waals surface area contributed by atoms with Crippen LogP contribution >= 0.6 is 0 Å². The summed E-state index contributed by atoms with van der Waals surface area (Å²) in [6, 6.07) is 3.45. The second-order valence-electron chi connectivity index (χ2n) is 3.63. The number of hydrogen-bond acceptors (Lipinski definition) is 2. The molecule has 15 heavy (non-hydrogen) atoms. The van der Waals surface area contributed by atoms with E-state index in [1.165, 1.54) is 0 Å². The minimum absolute atomic E-state index is 0.00991. The standard InChI is InChI=1S/C12H18N2O/c1-3-10(4-2)9-14-12(15)11-5-7-13-8-6-11/h5-8,10H,3-4,9H2,1-2H3,(H,14,15). The highest BCUT2D eigenvalue weighted by Gasteiger charge is 2.07. The van der Waals surface area contributed by atoms with E-state index in [0.29, 0.717) is 11.5 Å². The van der Waals surface area contributed by atoms with Crippen LogP contribution in [0.25, 0.3) is 0 Å². The van der Waals surface area contributed by atoms with E-state index in [9.17, 15) is 4.79 Å². The number of aromatic nitrogens is 1. The van der Waals surface area contributed by atoms with Crippen molar-refractivity contribution in [2.24, 2.45) is 5.92 Å². The number of carbonyl (C=O) groups is 1. The lowest BCUT2D eigenvalue weighted by atomic mass is 10.0. The van der Waals surface area contributed by atoms with Crippen molar-refractivity contribution in [2.75, 3.05) is 6.54 Å². The molecule has 82 valence electrons. The number of pyridine rings is 1. The van der Waals surface area contributed by atoms with Crippen LogP contribution in [-0.2, 0) is 0 Å². The minimum Gasteiger partial charge on any atom is -0.352 e.